The van der Waals surface area contributed by atoms with E-state index in [0.717, 1.165) is 26.1 Å². The summed E-state index contributed by atoms with van der Waals surface area (Å²) in [7, 11) is 0. The predicted octanol–water partition coefficient (Wildman–Crippen LogP) is 3.34. The summed E-state index contributed by atoms with van der Waals surface area (Å²) < 4.78 is 0. The molecular formula is C17H34N2O. The van der Waals surface area contributed by atoms with E-state index in [-0.39, 0.29) is 16.7 Å². The maximum Gasteiger partial charge on any atom is 0.227 e. The third kappa shape index (κ3) is 4.47. The summed E-state index contributed by atoms with van der Waals surface area (Å²) in [5.41, 5.74) is 0.00846. The van der Waals surface area contributed by atoms with Crippen molar-refractivity contribution >= 4 is 5.91 Å². The molecule has 0 aromatic rings. The van der Waals surface area contributed by atoms with Crippen molar-refractivity contribution in [2.24, 2.45) is 16.7 Å². The van der Waals surface area contributed by atoms with Crippen LogP contribution in [0.1, 0.15) is 66.7 Å². The van der Waals surface area contributed by atoms with Gasteiger partial charge in [-0.3, -0.25) is 4.79 Å². The van der Waals surface area contributed by atoms with Crippen molar-refractivity contribution in [3.8, 4) is 0 Å². The Morgan fingerprint density at radius 3 is 2.55 bits per heavy atom. The molecule has 1 amide bonds. The van der Waals surface area contributed by atoms with Crippen molar-refractivity contribution in [3.63, 3.8) is 0 Å². The Bertz CT molecular complexity index is 304. The normalized spacial score (nSPS) is 23.3. The molecule has 0 bridgehead atoms. The first-order chi connectivity index (χ1) is 9.34. The molecule has 1 rings (SSSR count). The maximum atomic E-state index is 12.6. The first-order valence-electron chi connectivity index (χ1n) is 8.33. The molecule has 1 aliphatic heterocycles. The van der Waals surface area contributed by atoms with Gasteiger partial charge in [-0.2, -0.15) is 0 Å². The van der Waals surface area contributed by atoms with Crippen molar-refractivity contribution in [1.82, 2.24) is 10.6 Å². The number of hydrogen-bond acceptors (Lipinski definition) is 2. The molecule has 0 radical (unpaired) electrons. The van der Waals surface area contributed by atoms with Crippen molar-refractivity contribution in [1.29, 1.82) is 0 Å². The van der Waals surface area contributed by atoms with Gasteiger partial charge in [0.05, 0.1) is 5.41 Å². The lowest BCUT2D eigenvalue weighted by Crippen LogP contribution is -2.48. The van der Waals surface area contributed by atoms with Crippen molar-refractivity contribution < 1.29 is 4.79 Å². The summed E-state index contributed by atoms with van der Waals surface area (Å²) >= 11 is 0. The summed E-state index contributed by atoms with van der Waals surface area (Å²) in [5.74, 6) is 0.641. The minimum absolute atomic E-state index is 0.195. The summed E-state index contributed by atoms with van der Waals surface area (Å²) in [6, 6.07) is 0. The highest BCUT2D eigenvalue weighted by atomic mass is 16.2. The Morgan fingerprint density at radius 2 is 2.05 bits per heavy atom. The minimum atomic E-state index is -0.195. The molecule has 1 heterocycles. The maximum absolute atomic E-state index is 12.6. The Kier molecular flexibility index (Phi) is 6.50. The van der Waals surface area contributed by atoms with E-state index in [0.29, 0.717) is 5.92 Å². The number of carbonyl (C=O) groups excluding carboxylic acids is 1. The van der Waals surface area contributed by atoms with Crippen LogP contribution in [-0.4, -0.2) is 25.5 Å². The second-order valence-electron chi connectivity index (χ2n) is 7.54. The van der Waals surface area contributed by atoms with E-state index in [2.05, 4.69) is 45.3 Å². The van der Waals surface area contributed by atoms with Gasteiger partial charge in [-0.05, 0) is 30.7 Å². The van der Waals surface area contributed by atoms with Crippen LogP contribution in [0.4, 0.5) is 0 Å². The lowest BCUT2D eigenvalue weighted by molar-refractivity contribution is -0.132. The van der Waals surface area contributed by atoms with Crippen LogP contribution in [-0.2, 0) is 4.79 Å². The summed E-state index contributed by atoms with van der Waals surface area (Å²) in [6.45, 7) is 13.7. The fourth-order valence-corrected chi connectivity index (χ4v) is 3.10. The van der Waals surface area contributed by atoms with Gasteiger partial charge in [-0.15, -0.1) is 0 Å². The highest BCUT2D eigenvalue weighted by Crippen LogP contribution is 2.34. The molecule has 20 heavy (non-hydrogen) atoms. The number of unbranched alkanes of at least 4 members (excludes halogenated alkanes) is 2. The topological polar surface area (TPSA) is 41.1 Å². The van der Waals surface area contributed by atoms with Gasteiger partial charge in [-0.1, -0.05) is 53.9 Å². The van der Waals surface area contributed by atoms with Gasteiger partial charge in [0, 0.05) is 13.1 Å². The summed E-state index contributed by atoms with van der Waals surface area (Å²) in [6.07, 6.45) is 5.96. The van der Waals surface area contributed by atoms with Crippen molar-refractivity contribution in [2.75, 3.05) is 19.6 Å². The van der Waals surface area contributed by atoms with E-state index in [1.54, 1.807) is 0 Å². The number of rotatable bonds is 8. The smallest absolute Gasteiger partial charge is 0.227 e. The zero-order valence-corrected chi connectivity index (χ0v) is 14.1. The summed E-state index contributed by atoms with van der Waals surface area (Å²) in [4.78, 5) is 12.6. The van der Waals surface area contributed by atoms with Crippen LogP contribution < -0.4 is 10.6 Å². The van der Waals surface area contributed by atoms with Gasteiger partial charge in [0.15, 0.2) is 0 Å². The standard InChI is InChI=1S/C17H34N2O/c1-6-7-8-9-16(4,5)12-19-15(20)17(14(2)3)10-11-18-13-17/h14,18H,6-13H2,1-5H3,(H,19,20). The van der Waals surface area contributed by atoms with Crippen LogP contribution in [0.2, 0.25) is 0 Å². The van der Waals surface area contributed by atoms with Gasteiger partial charge >= 0.3 is 0 Å². The molecule has 1 unspecified atom stereocenters. The molecule has 118 valence electrons. The molecule has 2 N–H and O–H groups in total. The Hall–Kier alpha value is -0.570. The van der Waals surface area contributed by atoms with E-state index < -0.39 is 0 Å². The fourth-order valence-electron chi connectivity index (χ4n) is 3.10. The Balaban J connectivity index is 2.49. The quantitative estimate of drug-likeness (QED) is 0.670. The van der Waals surface area contributed by atoms with Crippen LogP contribution in [0.25, 0.3) is 0 Å². The van der Waals surface area contributed by atoms with E-state index in [1.165, 1.54) is 25.7 Å². The largest absolute Gasteiger partial charge is 0.355 e. The van der Waals surface area contributed by atoms with E-state index in [1.807, 2.05) is 0 Å². The number of hydrogen-bond donors (Lipinski definition) is 2. The van der Waals surface area contributed by atoms with Crippen LogP contribution in [0, 0.1) is 16.7 Å². The second kappa shape index (κ2) is 7.44. The number of nitrogens with one attached hydrogen (secondary N) is 2. The number of carbonyl (C=O) groups is 1. The van der Waals surface area contributed by atoms with Crippen LogP contribution in [0.15, 0.2) is 0 Å². The second-order valence-corrected chi connectivity index (χ2v) is 7.54. The molecule has 0 aromatic carbocycles. The molecule has 0 aromatic heterocycles. The molecule has 0 saturated carbocycles. The van der Waals surface area contributed by atoms with Gasteiger partial charge in [0.2, 0.25) is 5.91 Å². The Labute approximate surface area is 125 Å². The first-order valence-corrected chi connectivity index (χ1v) is 8.33. The van der Waals surface area contributed by atoms with E-state index >= 15 is 0 Å². The molecule has 1 aliphatic rings. The van der Waals surface area contributed by atoms with Crippen LogP contribution >= 0.6 is 0 Å². The Morgan fingerprint density at radius 1 is 1.35 bits per heavy atom. The highest BCUT2D eigenvalue weighted by Gasteiger charge is 2.43. The molecular weight excluding hydrogens is 248 g/mol. The molecule has 3 heteroatoms. The van der Waals surface area contributed by atoms with Gasteiger partial charge < -0.3 is 10.6 Å². The fraction of sp³-hybridized carbons (Fsp3) is 0.941. The number of amides is 1. The lowest BCUT2D eigenvalue weighted by Gasteiger charge is -2.33. The lowest BCUT2D eigenvalue weighted by atomic mass is 9.75. The zero-order chi connectivity index (χ0) is 15.2. The molecule has 0 aliphatic carbocycles. The molecule has 0 spiro atoms. The zero-order valence-electron chi connectivity index (χ0n) is 14.1. The van der Waals surface area contributed by atoms with E-state index in [4.69, 9.17) is 0 Å². The minimum Gasteiger partial charge on any atom is -0.355 e. The van der Waals surface area contributed by atoms with Crippen molar-refractivity contribution in [2.45, 2.75) is 66.7 Å². The molecule has 1 saturated heterocycles. The summed E-state index contributed by atoms with van der Waals surface area (Å²) in [5, 5.41) is 6.59. The first kappa shape index (κ1) is 17.5. The SMILES string of the molecule is CCCCCC(C)(C)CNC(=O)C1(C(C)C)CCNC1. The van der Waals surface area contributed by atoms with Crippen LogP contribution in [0.5, 0.6) is 0 Å². The average molecular weight is 282 g/mol. The van der Waals surface area contributed by atoms with E-state index in [9.17, 15) is 4.79 Å². The van der Waals surface area contributed by atoms with Crippen LogP contribution in [0.3, 0.4) is 0 Å². The van der Waals surface area contributed by atoms with Gasteiger partial charge in [0.1, 0.15) is 0 Å². The molecule has 1 atom stereocenters. The average Bonchev–Trinajstić information content (AvgIpc) is 2.87. The predicted molar refractivity (Wildman–Crippen MR) is 85.7 cm³/mol. The third-order valence-corrected chi connectivity index (χ3v) is 4.93. The molecule has 1 fully saturated rings. The van der Waals surface area contributed by atoms with Gasteiger partial charge in [0.25, 0.3) is 0 Å². The third-order valence-electron chi connectivity index (χ3n) is 4.93. The molecule has 3 nitrogen and oxygen atoms in total. The van der Waals surface area contributed by atoms with Crippen molar-refractivity contribution in [3.05, 3.63) is 0 Å². The highest BCUT2D eigenvalue weighted by molar-refractivity contribution is 5.83. The monoisotopic (exact) mass is 282 g/mol. The van der Waals surface area contributed by atoms with Gasteiger partial charge in [-0.25, -0.2) is 0 Å².